The molecular formula is C34H32S2. The van der Waals surface area contributed by atoms with Crippen LogP contribution >= 0.6 is 23.1 Å². The van der Waals surface area contributed by atoms with Crippen molar-refractivity contribution in [3.05, 3.63) is 128 Å². The molecule has 3 aliphatic rings. The molecule has 0 nitrogen and oxygen atoms in total. The molecule has 4 aromatic rings. The van der Waals surface area contributed by atoms with E-state index in [1.807, 2.05) is 0 Å². The standard InChI is InChI=1S/C34H32S2/c1-21-17-29-31(33-27(21)19-25(35-33)15-13-23-9-5-3-6-10-23)30-18-22(2)28-20-26(36-34(28)32(29)30)16-14-24-11-7-4-8-12-24/h3-12,17-19,26,30,32H,13-16,20H2,1-2H3. The highest BCUT2D eigenvalue weighted by atomic mass is 32.2. The van der Waals surface area contributed by atoms with Gasteiger partial charge in [0.25, 0.3) is 0 Å². The Balaban J connectivity index is 1.15. The van der Waals surface area contributed by atoms with E-state index in [9.17, 15) is 0 Å². The zero-order valence-corrected chi connectivity index (χ0v) is 22.7. The Bertz CT molecular complexity index is 1500. The van der Waals surface area contributed by atoms with Gasteiger partial charge in [0.2, 0.25) is 0 Å². The minimum Gasteiger partial charge on any atom is -0.140 e. The maximum absolute atomic E-state index is 2.62. The molecular weight excluding hydrogens is 473 g/mol. The molecule has 0 saturated carbocycles. The van der Waals surface area contributed by atoms with Crippen LogP contribution in [0, 0.1) is 6.92 Å². The van der Waals surface area contributed by atoms with Gasteiger partial charge in [0, 0.05) is 26.7 Å². The lowest BCUT2D eigenvalue weighted by Crippen LogP contribution is -2.27. The minimum atomic E-state index is 0.572. The molecule has 0 fully saturated rings. The zero-order valence-electron chi connectivity index (χ0n) is 21.1. The van der Waals surface area contributed by atoms with Crippen molar-refractivity contribution >= 4 is 33.2 Å². The van der Waals surface area contributed by atoms with Crippen molar-refractivity contribution in [2.45, 2.75) is 63.0 Å². The number of fused-ring (bicyclic) bond motifs is 7. The summed E-state index contributed by atoms with van der Waals surface area (Å²) >= 11 is 4.27. The van der Waals surface area contributed by atoms with Gasteiger partial charge < -0.3 is 0 Å². The zero-order chi connectivity index (χ0) is 24.2. The Morgan fingerprint density at radius 3 is 2.31 bits per heavy atom. The van der Waals surface area contributed by atoms with E-state index in [1.165, 1.54) is 46.2 Å². The van der Waals surface area contributed by atoms with Gasteiger partial charge in [0.15, 0.2) is 0 Å². The second-order valence-corrected chi connectivity index (χ2v) is 13.3. The van der Waals surface area contributed by atoms with Crippen LogP contribution in [0.1, 0.15) is 64.3 Å². The van der Waals surface area contributed by atoms with Gasteiger partial charge in [-0.1, -0.05) is 78.4 Å². The smallest absolute Gasteiger partial charge is 0.0389 e. The number of thioether (sulfide) groups is 1. The predicted octanol–water partition coefficient (Wildman–Crippen LogP) is 9.53. The van der Waals surface area contributed by atoms with E-state index in [-0.39, 0.29) is 0 Å². The average molecular weight is 505 g/mol. The lowest BCUT2D eigenvalue weighted by molar-refractivity contribution is 0.624. The Hall–Kier alpha value is -2.55. The molecule has 3 aromatic carbocycles. The molecule has 1 aromatic heterocycles. The molecule has 36 heavy (non-hydrogen) atoms. The fourth-order valence-electron chi connectivity index (χ4n) is 6.58. The van der Waals surface area contributed by atoms with Crippen molar-refractivity contribution in [1.82, 2.24) is 0 Å². The van der Waals surface area contributed by atoms with Gasteiger partial charge in [-0.15, -0.1) is 23.1 Å². The lowest BCUT2D eigenvalue weighted by atomic mass is 9.63. The third-order valence-electron chi connectivity index (χ3n) is 8.47. The summed E-state index contributed by atoms with van der Waals surface area (Å²) < 4.78 is 1.56. The summed E-state index contributed by atoms with van der Waals surface area (Å²) in [4.78, 5) is 3.23. The Morgan fingerprint density at radius 1 is 0.833 bits per heavy atom. The number of thiophene rings is 1. The van der Waals surface area contributed by atoms with Crippen LogP contribution in [0.25, 0.3) is 10.1 Å². The van der Waals surface area contributed by atoms with Crippen molar-refractivity contribution < 1.29 is 0 Å². The first-order valence-corrected chi connectivity index (χ1v) is 15.1. The summed E-state index contributed by atoms with van der Waals surface area (Å²) in [7, 11) is 0. The van der Waals surface area contributed by atoms with Crippen molar-refractivity contribution in [3.63, 3.8) is 0 Å². The van der Waals surface area contributed by atoms with Crippen LogP contribution in [0.5, 0.6) is 0 Å². The topological polar surface area (TPSA) is 0 Å². The van der Waals surface area contributed by atoms with E-state index in [1.54, 1.807) is 31.9 Å². The molecule has 7 rings (SSSR count). The number of hydrogen-bond donors (Lipinski definition) is 0. The highest BCUT2D eigenvalue weighted by molar-refractivity contribution is 8.04. The normalized spacial score (nSPS) is 22.2. The lowest BCUT2D eigenvalue weighted by Gasteiger charge is -2.43. The van der Waals surface area contributed by atoms with Crippen LogP contribution in [0.2, 0.25) is 0 Å². The number of allylic oxidation sites excluding steroid dienone is 4. The Morgan fingerprint density at radius 2 is 1.56 bits per heavy atom. The first-order valence-electron chi connectivity index (χ1n) is 13.4. The third-order valence-corrected chi connectivity index (χ3v) is 11.2. The van der Waals surface area contributed by atoms with Crippen LogP contribution in [-0.4, -0.2) is 5.25 Å². The van der Waals surface area contributed by atoms with Crippen molar-refractivity contribution in [2.24, 2.45) is 0 Å². The molecule has 3 atom stereocenters. The predicted molar refractivity (Wildman–Crippen MR) is 157 cm³/mol. The second-order valence-electron chi connectivity index (χ2n) is 10.8. The molecule has 180 valence electrons. The fraction of sp³-hybridized carbons (Fsp3) is 0.294. The molecule has 2 heteroatoms. The van der Waals surface area contributed by atoms with E-state index >= 15 is 0 Å². The Labute approximate surface area is 223 Å². The van der Waals surface area contributed by atoms with Crippen LogP contribution in [0.4, 0.5) is 0 Å². The largest absolute Gasteiger partial charge is 0.140 e. The summed E-state index contributed by atoms with van der Waals surface area (Å²) in [5.41, 5.74) is 10.8. The first-order chi connectivity index (χ1) is 17.7. The highest BCUT2D eigenvalue weighted by Gasteiger charge is 2.46. The van der Waals surface area contributed by atoms with E-state index in [0.717, 1.165) is 18.1 Å². The van der Waals surface area contributed by atoms with Crippen LogP contribution in [-0.2, 0) is 19.3 Å². The molecule has 0 N–H and O–H groups in total. The van der Waals surface area contributed by atoms with Crippen LogP contribution in [0.3, 0.4) is 0 Å². The van der Waals surface area contributed by atoms with Crippen molar-refractivity contribution in [3.8, 4) is 0 Å². The minimum absolute atomic E-state index is 0.572. The Kier molecular flexibility index (Phi) is 5.71. The quantitative estimate of drug-likeness (QED) is 0.252. The summed E-state index contributed by atoms with van der Waals surface area (Å²) in [5.74, 6) is 1.17. The van der Waals surface area contributed by atoms with Gasteiger partial charge in [-0.2, -0.15) is 0 Å². The fourth-order valence-corrected chi connectivity index (χ4v) is 9.57. The van der Waals surface area contributed by atoms with Gasteiger partial charge in [-0.25, -0.2) is 0 Å². The summed E-state index contributed by atoms with van der Waals surface area (Å²) in [6.45, 7) is 4.70. The highest BCUT2D eigenvalue weighted by Crippen LogP contribution is 2.64. The van der Waals surface area contributed by atoms with Gasteiger partial charge in [0.05, 0.1) is 0 Å². The molecule has 0 saturated heterocycles. The first kappa shape index (κ1) is 22.6. The molecule has 3 unspecified atom stereocenters. The van der Waals surface area contributed by atoms with Crippen molar-refractivity contribution in [1.29, 1.82) is 0 Å². The monoisotopic (exact) mass is 504 g/mol. The van der Waals surface area contributed by atoms with E-state index in [2.05, 4.69) is 116 Å². The SMILES string of the molecule is CC1=CC2c3c(cc(C)c4cc(CCc5ccccc5)sc34)C2C2=C1CC(CCc1ccccc1)S2. The number of benzene rings is 3. The van der Waals surface area contributed by atoms with E-state index in [4.69, 9.17) is 0 Å². The summed E-state index contributed by atoms with van der Waals surface area (Å²) in [6, 6.07) is 27.0. The molecule has 1 aliphatic heterocycles. The maximum Gasteiger partial charge on any atom is 0.0389 e. The molecule has 2 heterocycles. The molecule has 0 bridgehead atoms. The number of aryl methyl sites for hydroxylation is 4. The third kappa shape index (κ3) is 3.81. The second kappa shape index (κ2) is 9.08. The molecule has 2 aliphatic carbocycles. The van der Waals surface area contributed by atoms with E-state index < -0.39 is 0 Å². The van der Waals surface area contributed by atoms with Gasteiger partial charge in [0.1, 0.15) is 0 Å². The van der Waals surface area contributed by atoms with Gasteiger partial charge >= 0.3 is 0 Å². The van der Waals surface area contributed by atoms with Gasteiger partial charge in [-0.05, 0) is 95.7 Å². The number of hydrogen-bond acceptors (Lipinski definition) is 2. The van der Waals surface area contributed by atoms with Crippen LogP contribution < -0.4 is 0 Å². The summed E-state index contributed by atoms with van der Waals surface area (Å²) in [5, 5.41) is 2.21. The maximum atomic E-state index is 2.62. The average Bonchev–Trinajstić information content (AvgIpc) is 3.51. The van der Waals surface area contributed by atoms with E-state index in [0.29, 0.717) is 11.8 Å². The van der Waals surface area contributed by atoms with Gasteiger partial charge in [-0.3, -0.25) is 0 Å². The summed E-state index contributed by atoms with van der Waals surface area (Å²) in [6.07, 6.45) is 8.58. The number of rotatable bonds is 6. The molecule has 0 spiro atoms. The van der Waals surface area contributed by atoms with Crippen LogP contribution in [0.15, 0.2) is 94.9 Å². The molecule has 0 amide bonds. The van der Waals surface area contributed by atoms with Crippen molar-refractivity contribution in [2.75, 3.05) is 0 Å². The molecule has 0 radical (unpaired) electrons.